The van der Waals surface area contributed by atoms with Gasteiger partial charge < -0.3 is 15.4 Å². The van der Waals surface area contributed by atoms with Crippen molar-refractivity contribution in [2.24, 2.45) is 5.92 Å². The van der Waals surface area contributed by atoms with E-state index in [1.165, 1.54) is 0 Å². The number of ether oxygens (including phenoxy) is 1. The smallest absolute Gasteiger partial charge is 0.224 e. The fourth-order valence-corrected chi connectivity index (χ4v) is 1.52. The van der Waals surface area contributed by atoms with E-state index in [0.717, 1.165) is 31.2 Å². The van der Waals surface area contributed by atoms with Gasteiger partial charge in [0.05, 0.1) is 6.61 Å². The molecule has 1 aromatic rings. The Kier molecular flexibility index (Phi) is 5.69. The highest BCUT2D eigenvalue weighted by molar-refractivity contribution is 5.42. The van der Waals surface area contributed by atoms with Crippen molar-refractivity contribution in [1.82, 2.24) is 9.97 Å². The molecule has 0 saturated carbocycles. The van der Waals surface area contributed by atoms with Crippen LogP contribution in [0.25, 0.3) is 0 Å². The van der Waals surface area contributed by atoms with Crippen LogP contribution in [-0.2, 0) is 4.74 Å². The molecule has 1 unspecified atom stereocenters. The standard InChI is InChI=1S/C12H22N4O/c1-5-13-12-15-10(3)6-11(16-12)14-7-9(2)8-17-4/h6,9H,5,7-8H2,1-4H3,(H2,13,14,15,16). The number of anilines is 2. The largest absolute Gasteiger partial charge is 0.384 e. The number of aryl methyl sites for hydroxylation is 1. The Labute approximate surface area is 103 Å². The molecule has 0 aliphatic heterocycles. The lowest BCUT2D eigenvalue weighted by Gasteiger charge is -2.13. The Morgan fingerprint density at radius 3 is 2.76 bits per heavy atom. The van der Waals surface area contributed by atoms with Crippen LogP contribution in [0, 0.1) is 12.8 Å². The predicted octanol–water partition coefficient (Wildman–Crippen LogP) is 1.91. The van der Waals surface area contributed by atoms with Crippen LogP contribution in [0.1, 0.15) is 19.5 Å². The first-order valence-electron chi connectivity index (χ1n) is 5.98. The molecule has 0 aliphatic rings. The first-order valence-corrected chi connectivity index (χ1v) is 5.98. The zero-order valence-electron chi connectivity index (χ0n) is 11.1. The van der Waals surface area contributed by atoms with E-state index in [9.17, 15) is 0 Å². The van der Waals surface area contributed by atoms with E-state index in [1.807, 2.05) is 19.9 Å². The van der Waals surface area contributed by atoms with Crippen molar-refractivity contribution < 1.29 is 4.74 Å². The zero-order valence-corrected chi connectivity index (χ0v) is 11.1. The summed E-state index contributed by atoms with van der Waals surface area (Å²) in [7, 11) is 1.72. The van der Waals surface area contributed by atoms with Gasteiger partial charge in [-0.25, -0.2) is 4.98 Å². The van der Waals surface area contributed by atoms with Gasteiger partial charge in [-0.05, 0) is 19.8 Å². The Bertz CT molecular complexity index is 343. The van der Waals surface area contributed by atoms with Gasteiger partial charge in [0.1, 0.15) is 5.82 Å². The van der Waals surface area contributed by atoms with Crippen LogP contribution in [0.2, 0.25) is 0 Å². The second-order valence-corrected chi connectivity index (χ2v) is 4.19. The summed E-state index contributed by atoms with van der Waals surface area (Å²) in [5, 5.41) is 6.41. The predicted molar refractivity (Wildman–Crippen MR) is 70.5 cm³/mol. The van der Waals surface area contributed by atoms with Crippen LogP contribution in [0.4, 0.5) is 11.8 Å². The Morgan fingerprint density at radius 1 is 1.35 bits per heavy atom. The summed E-state index contributed by atoms with van der Waals surface area (Å²) in [6.45, 7) is 8.54. The molecular weight excluding hydrogens is 216 g/mol. The van der Waals surface area contributed by atoms with Gasteiger partial charge in [-0.3, -0.25) is 0 Å². The third-order valence-electron chi connectivity index (χ3n) is 2.27. The van der Waals surface area contributed by atoms with E-state index in [1.54, 1.807) is 7.11 Å². The molecule has 96 valence electrons. The average molecular weight is 238 g/mol. The molecule has 0 fully saturated rings. The molecule has 0 amide bonds. The van der Waals surface area contributed by atoms with Crippen LogP contribution < -0.4 is 10.6 Å². The molecule has 1 aromatic heterocycles. The summed E-state index contributed by atoms with van der Waals surface area (Å²) in [6.07, 6.45) is 0. The molecule has 17 heavy (non-hydrogen) atoms. The SMILES string of the molecule is CCNc1nc(C)cc(NCC(C)COC)n1. The van der Waals surface area contributed by atoms with Crippen LogP contribution >= 0.6 is 0 Å². The first-order chi connectivity index (χ1) is 8.15. The maximum absolute atomic E-state index is 5.09. The highest BCUT2D eigenvalue weighted by Gasteiger charge is 2.04. The van der Waals surface area contributed by atoms with Crippen molar-refractivity contribution in [2.75, 3.05) is 37.4 Å². The lowest BCUT2D eigenvalue weighted by atomic mass is 10.2. The van der Waals surface area contributed by atoms with Gasteiger partial charge in [0.15, 0.2) is 0 Å². The van der Waals surface area contributed by atoms with Crippen LogP contribution in [-0.4, -0.2) is 36.8 Å². The summed E-state index contributed by atoms with van der Waals surface area (Å²) in [4.78, 5) is 8.68. The molecule has 0 spiro atoms. The number of nitrogens with zero attached hydrogens (tertiary/aromatic N) is 2. The fraction of sp³-hybridized carbons (Fsp3) is 0.667. The summed E-state index contributed by atoms with van der Waals surface area (Å²) in [6, 6.07) is 1.94. The number of hydrogen-bond donors (Lipinski definition) is 2. The van der Waals surface area contributed by atoms with Crippen molar-refractivity contribution in [1.29, 1.82) is 0 Å². The topological polar surface area (TPSA) is 59.1 Å². The molecule has 2 N–H and O–H groups in total. The molecule has 5 nitrogen and oxygen atoms in total. The summed E-state index contributed by atoms with van der Waals surface area (Å²) in [5.41, 5.74) is 0.956. The Balaban J connectivity index is 2.57. The van der Waals surface area contributed by atoms with Crippen molar-refractivity contribution >= 4 is 11.8 Å². The minimum atomic E-state index is 0.456. The van der Waals surface area contributed by atoms with Crippen molar-refractivity contribution in [3.63, 3.8) is 0 Å². The molecule has 0 aromatic carbocycles. The van der Waals surface area contributed by atoms with E-state index >= 15 is 0 Å². The first kappa shape index (κ1) is 13.7. The monoisotopic (exact) mass is 238 g/mol. The van der Waals surface area contributed by atoms with Gasteiger partial charge >= 0.3 is 0 Å². The molecule has 0 aliphatic carbocycles. The van der Waals surface area contributed by atoms with Gasteiger partial charge in [-0.15, -0.1) is 0 Å². The molecule has 5 heteroatoms. The molecule has 0 radical (unpaired) electrons. The van der Waals surface area contributed by atoms with E-state index in [4.69, 9.17) is 4.74 Å². The van der Waals surface area contributed by atoms with Gasteiger partial charge in [0.25, 0.3) is 0 Å². The van der Waals surface area contributed by atoms with Crippen molar-refractivity contribution in [3.05, 3.63) is 11.8 Å². The molecule has 1 heterocycles. The third kappa shape index (κ3) is 4.99. The van der Waals surface area contributed by atoms with Crippen molar-refractivity contribution in [3.8, 4) is 0 Å². The minimum absolute atomic E-state index is 0.456. The number of hydrogen-bond acceptors (Lipinski definition) is 5. The van der Waals surface area contributed by atoms with Gasteiger partial charge in [-0.1, -0.05) is 6.92 Å². The van der Waals surface area contributed by atoms with Gasteiger partial charge in [0, 0.05) is 32.0 Å². The summed E-state index contributed by atoms with van der Waals surface area (Å²) < 4.78 is 5.09. The summed E-state index contributed by atoms with van der Waals surface area (Å²) >= 11 is 0. The maximum Gasteiger partial charge on any atom is 0.224 e. The molecule has 1 rings (SSSR count). The second kappa shape index (κ2) is 7.06. The summed E-state index contributed by atoms with van der Waals surface area (Å²) in [5.74, 6) is 1.99. The van der Waals surface area contributed by atoms with E-state index in [2.05, 4.69) is 27.5 Å². The number of rotatable bonds is 7. The minimum Gasteiger partial charge on any atom is -0.384 e. The molecular formula is C12H22N4O. The van der Waals surface area contributed by atoms with Crippen LogP contribution in [0.5, 0.6) is 0 Å². The van der Waals surface area contributed by atoms with Crippen molar-refractivity contribution in [2.45, 2.75) is 20.8 Å². The Morgan fingerprint density at radius 2 is 2.12 bits per heavy atom. The fourth-order valence-electron chi connectivity index (χ4n) is 1.52. The normalized spacial score (nSPS) is 12.2. The number of aromatic nitrogens is 2. The molecule has 0 bridgehead atoms. The van der Waals surface area contributed by atoms with Crippen LogP contribution in [0.3, 0.4) is 0 Å². The average Bonchev–Trinajstić information content (AvgIpc) is 2.26. The highest BCUT2D eigenvalue weighted by atomic mass is 16.5. The van der Waals surface area contributed by atoms with E-state index in [-0.39, 0.29) is 0 Å². The quantitative estimate of drug-likeness (QED) is 0.760. The van der Waals surface area contributed by atoms with Gasteiger partial charge in [0.2, 0.25) is 5.95 Å². The van der Waals surface area contributed by atoms with Crippen LogP contribution in [0.15, 0.2) is 6.07 Å². The molecule has 0 saturated heterocycles. The highest BCUT2D eigenvalue weighted by Crippen LogP contribution is 2.10. The second-order valence-electron chi connectivity index (χ2n) is 4.19. The molecule has 1 atom stereocenters. The van der Waals surface area contributed by atoms with E-state index in [0.29, 0.717) is 11.9 Å². The number of nitrogens with one attached hydrogen (secondary N) is 2. The maximum atomic E-state index is 5.09. The lowest BCUT2D eigenvalue weighted by molar-refractivity contribution is 0.164. The third-order valence-corrected chi connectivity index (χ3v) is 2.27. The number of methoxy groups -OCH3 is 1. The van der Waals surface area contributed by atoms with E-state index < -0.39 is 0 Å². The Hall–Kier alpha value is -1.36. The lowest BCUT2D eigenvalue weighted by Crippen LogP contribution is -2.17. The van der Waals surface area contributed by atoms with Gasteiger partial charge in [-0.2, -0.15) is 4.98 Å². The zero-order chi connectivity index (χ0) is 12.7.